The van der Waals surface area contributed by atoms with Crippen LogP contribution in [0.25, 0.3) is 0 Å². The first-order valence-electron chi connectivity index (χ1n) is 6.53. The number of ether oxygens (including phenoxy) is 2. The summed E-state index contributed by atoms with van der Waals surface area (Å²) in [5.74, 6) is -0.0370. The first-order valence-corrected chi connectivity index (χ1v) is 6.53. The van der Waals surface area contributed by atoms with Gasteiger partial charge in [-0.15, -0.1) is 0 Å². The molecule has 18 heavy (non-hydrogen) atoms. The van der Waals surface area contributed by atoms with E-state index >= 15 is 0 Å². The Hall–Kier alpha value is -1.10. The highest BCUT2D eigenvalue weighted by Crippen LogP contribution is 2.25. The quantitative estimate of drug-likeness (QED) is 0.574. The third-order valence-corrected chi connectivity index (χ3v) is 3.38. The molecule has 1 aliphatic carbocycles. The second-order valence-electron chi connectivity index (χ2n) is 4.74. The van der Waals surface area contributed by atoms with Gasteiger partial charge in [0.1, 0.15) is 0 Å². The summed E-state index contributed by atoms with van der Waals surface area (Å²) < 4.78 is 9.63. The minimum atomic E-state index is -0.125. The smallest absolute Gasteiger partial charge is 0.308 e. The molecule has 5 heteroatoms. The molecule has 0 aromatic heterocycles. The van der Waals surface area contributed by atoms with Gasteiger partial charge in [-0.05, 0) is 32.1 Å². The molecule has 5 nitrogen and oxygen atoms in total. The molecule has 0 bridgehead atoms. The summed E-state index contributed by atoms with van der Waals surface area (Å²) in [5, 5.41) is 3.01. The monoisotopic (exact) mass is 257 g/mol. The highest BCUT2D eigenvalue weighted by molar-refractivity contribution is 5.76. The Labute approximate surface area is 108 Å². The van der Waals surface area contributed by atoms with Crippen molar-refractivity contribution >= 4 is 11.9 Å². The Balaban J connectivity index is 2.18. The summed E-state index contributed by atoms with van der Waals surface area (Å²) in [6, 6.07) is 0.209. The van der Waals surface area contributed by atoms with Gasteiger partial charge in [0.05, 0.1) is 13.0 Å². The van der Waals surface area contributed by atoms with Gasteiger partial charge >= 0.3 is 5.97 Å². The zero-order chi connectivity index (χ0) is 13.4. The molecular weight excluding hydrogens is 234 g/mol. The molecule has 104 valence electrons. The van der Waals surface area contributed by atoms with Gasteiger partial charge < -0.3 is 14.8 Å². The van der Waals surface area contributed by atoms with Crippen LogP contribution in [0.4, 0.5) is 0 Å². The second kappa shape index (κ2) is 8.08. The summed E-state index contributed by atoms with van der Waals surface area (Å²) >= 11 is 0. The number of rotatable bonds is 6. The van der Waals surface area contributed by atoms with Crippen molar-refractivity contribution in [3.05, 3.63) is 0 Å². The molecule has 0 unspecified atom stereocenters. The molecule has 0 heterocycles. The van der Waals surface area contributed by atoms with E-state index < -0.39 is 0 Å². The van der Waals surface area contributed by atoms with Gasteiger partial charge in [0.2, 0.25) is 5.91 Å². The standard InChI is InChI=1S/C13H23NO4/c1-17-9-3-4-12(15)14-11-7-5-10(6-8-11)13(16)18-2/h10-11H,3-9H2,1-2H3,(H,14,15). The Morgan fingerprint density at radius 2 is 1.83 bits per heavy atom. The summed E-state index contributed by atoms with van der Waals surface area (Å²) in [7, 11) is 3.05. The number of carbonyl (C=O) groups excluding carboxylic acids is 2. The summed E-state index contributed by atoms with van der Waals surface area (Å²) in [6.45, 7) is 0.614. The number of nitrogens with one attached hydrogen (secondary N) is 1. The van der Waals surface area contributed by atoms with Crippen molar-refractivity contribution in [2.24, 2.45) is 5.92 Å². The molecule has 0 aromatic carbocycles. The van der Waals surface area contributed by atoms with E-state index in [0.717, 1.165) is 32.1 Å². The van der Waals surface area contributed by atoms with Crippen molar-refractivity contribution in [2.45, 2.75) is 44.6 Å². The fourth-order valence-corrected chi connectivity index (χ4v) is 2.32. The lowest BCUT2D eigenvalue weighted by Gasteiger charge is -2.27. The summed E-state index contributed by atoms with van der Waals surface area (Å²) in [5.41, 5.74) is 0. The van der Waals surface area contributed by atoms with E-state index in [-0.39, 0.29) is 23.8 Å². The highest BCUT2D eigenvalue weighted by Gasteiger charge is 2.27. The first-order chi connectivity index (χ1) is 8.67. The van der Waals surface area contributed by atoms with E-state index in [4.69, 9.17) is 9.47 Å². The van der Waals surface area contributed by atoms with Gasteiger partial charge in [0, 0.05) is 26.2 Å². The van der Waals surface area contributed by atoms with Crippen molar-refractivity contribution in [3.63, 3.8) is 0 Å². The lowest BCUT2D eigenvalue weighted by Crippen LogP contribution is -2.38. The molecule has 1 rings (SSSR count). The Kier molecular flexibility index (Phi) is 6.72. The van der Waals surface area contributed by atoms with Gasteiger partial charge in [-0.3, -0.25) is 9.59 Å². The number of methoxy groups -OCH3 is 2. The normalized spacial score (nSPS) is 23.4. The van der Waals surface area contributed by atoms with Gasteiger partial charge in [-0.2, -0.15) is 0 Å². The number of esters is 1. The number of hydrogen-bond donors (Lipinski definition) is 1. The third kappa shape index (κ3) is 5.04. The largest absolute Gasteiger partial charge is 0.469 e. The van der Waals surface area contributed by atoms with Crippen LogP contribution in [0.1, 0.15) is 38.5 Å². The molecule has 0 spiro atoms. The maximum absolute atomic E-state index is 11.6. The zero-order valence-electron chi connectivity index (χ0n) is 11.2. The van der Waals surface area contributed by atoms with Crippen molar-refractivity contribution < 1.29 is 19.1 Å². The van der Waals surface area contributed by atoms with Crippen LogP contribution in [0.15, 0.2) is 0 Å². The van der Waals surface area contributed by atoms with Gasteiger partial charge in [-0.1, -0.05) is 0 Å². The predicted octanol–water partition coefficient (Wildman–Crippen LogP) is 1.26. The predicted molar refractivity (Wildman–Crippen MR) is 67.0 cm³/mol. The second-order valence-corrected chi connectivity index (χ2v) is 4.74. The first kappa shape index (κ1) is 15.0. The lowest BCUT2D eigenvalue weighted by molar-refractivity contribution is -0.146. The molecular formula is C13H23NO4. The molecule has 0 aromatic rings. The third-order valence-electron chi connectivity index (χ3n) is 3.38. The molecule has 1 saturated carbocycles. The van der Waals surface area contributed by atoms with E-state index in [9.17, 15) is 9.59 Å². The number of carbonyl (C=O) groups is 2. The molecule has 0 saturated heterocycles. The molecule has 1 amide bonds. The van der Waals surface area contributed by atoms with Crippen LogP contribution in [-0.2, 0) is 19.1 Å². The SMILES string of the molecule is COCCCC(=O)NC1CCC(C(=O)OC)CC1. The van der Waals surface area contributed by atoms with Crippen LogP contribution < -0.4 is 5.32 Å². The van der Waals surface area contributed by atoms with E-state index in [1.54, 1.807) is 7.11 Å². The maximum Gasteiger partial charge on any atom is 0.308 e. The van der Waals surface area contributed by atoms with E-state index in [1.165, 1.54) is 7.11 Å². The van der Waals surface area contributed by atoms with Crippen molar-refractivity contribution in [1.29, 1.82) is 0 Å². The van der Waals surface area contributed by atoms with Crippen molar-refractivity contribution in [2.75, 3.05) is 20.8 Å². The Bertz CT molecular complexity index is 272. The van der Waals surface area contributed by atoms with Crippen molar-refractivity contribution in [1.82, 2.24) is 5.32 Å². The van der Waals surface area contributed by atoms with Crippen LogP contribution in [0.3, 0.4) is 0 Å². The minimum absolute atomic E-state index is 0.0108. The summed E-state index contributed by atoms with van der Waals surface area (Å²) in [6.07, 6.45) is 4.57. The van der Waals surface area contributed by atoms with Crippen LogP contribution >= 0.6 is 0 Å². The molecule has 0 aliphatic heterocycles. The molecule has 0 radical (unpaired) electrons. The van der Waals surface area contributed by atoms with Crippen LogP contribution in [-0.4, -0.2) is 38.7 Å². The van der Waals surface area contributed by atoms with Crippen molar-refractivity contribution in [3.8, 4) is 0 Å². The average Bonchev–Trinajstić information content (AvgIpc) is 2.39. The number of amides is 1. The van der Waals surface area contributed by atoms with Crippen LogP contribution in [0.5, 0.6) is 0 Å². The van der Waals surface area contributed by atoms with Crippen LogP contribution in [0.2, 0.25) is 0 Å². The van der Waals surface area contributed by atoms with Crippen LogP contribution in [0, 0.1) is 5.92 Å². The van der Waals surface area contributed by atoms with E-state index in [0.29, 0.717) is 13.0 Å². The molecule has 1 N–H and O–H groups in total. The minimum Gasteiger partial charge on any atom is -0.469 e. The highest BCUT2D eigenvalue weighted by atomic mass is 16.5. The van der Waals surface area contributed by atoms with E-state index in [2.05, 4.69) is 5.32 Å². The topological polar surface area (TPSA) is 64.6 Å². The zero-order valence-corrected chi connectivity index (χ0v) is 11.2. The Morgan fingerprint density at radius 3 is 2.39 bits per heavy atom. The van der Waals surface area contributed by atoms with E-state index in [1.807, 2.05) is 0 Å². The van der Waals surface area contributed by atoms with Gasteiger partial charge in [-0.25, -0.2) is 0 Å². The fraction of sp³-hybridized carbons (Fsp3) is 0.846. The molecule has 0 atom stereocenters. The van der Waals surface area contributed by atoms with Gasteiger partial charge in [0.25, 0.3) is 0 Å². The number of hydrogen-bond acceptors (Lipinski definition) is 4. The lowest BCUT2D eigenvalue weighted by atomic mass is 9.86. The summed E-state index contributed by atoms with van der Waals surface area (Å²) in [4.78, 5) is 22.9. The Morgan fingerprint density at radius 1 is 1.17 bits per heavy atom. The average molecular weight is 257 g/mol. The fourth-order valence-electron chi connectivity index (χ4n) is 2.32. The maximum atomic E-state index is 11.6. The van der Waals surface area contributed by atoms with Gasteiger partial charge in [0.15, 0.2) is 0 Å². The molecule has 1 aliphatic rings. The molecule has 1 fully saturated rings.